The standard InChI is InChI=1S/C12H26N2O/c1-10-7-11(10)8-14(3)12(2,9-13)5-6-15-4/h10-11H,5-9,13H2,1-4H3. The molecule has 3 nitrogen and oxygen atoms in total. The molecule has 90 valence electrons. The van der Waals surface area contributed by atoms with Gasteiger partial charge in [-0.15, -0.1) is 0 Å². The highest BCUT2D eigenvalue weighted by atomic mass is 16.5. The maximum Gasteiger partial charge on any atom is 0.0480 e. The van der Waals surface area contributed by atoms with Gasteiger partial charge in [-0.3, -0.25) is 4.90 Å². The van der Waals surface area contributed by atoms with Crippen LogP contribution in [0.25, 0.3) is 0 Å². The van der Waals surface area contributed by atoms with Gasteiger partial charge in [-0.1, -0.05) is 6.92 Å². The Balaban J connectivity index is 2.40. The molecule has 1 aliphatic rings. The average molecular weight is 214 g/mol. The third-order valence-corrected chi connectivity index (χ3v) is 3.99. The van der Waals surface area contributed by atoms with Crippen LogP contribution in [-0.4, -0.2) is 44.3 Å². The van der Waals surface area contributed by atoms with E-state index in [1.54, 1.807) is 7.11 Å². The first-order chi connectivity index (χ1) is 7.03. The third-order valence-electron chi connectivity index (χ3n) is 3.99. The summed E-state index contributed by atoms with van der Waals surface area (Å²) in [6, 6.07) is 0. The smallest absolute Gasteiger partial charge is 0.0480 e. The highest BCUT2D eigenvalue weighted by molar-refractivity contribution is 4.91. The van der Waals surface area contributed by atoms with Crippen molar-refractivity contribution >= 4 is 0 Å². The Bertz CT molecular complexity index is 198. The number of hydrogen-bond donors (Lipinski definition) is 1. The molecule has 0 aromatic heterocycles. The summed E-state index contributed by atoms with van der Waals surface area (Å²) >= 11 is 0. The minimum absolute atomic E-state index is 0.0956. The van der Waals surface area contributed by atoms with E-state index in [-0.39, 0.29) is 5.54 Å². The molecule has 3 unspecified atom stereocenters. The van der Waals surface area contributed by atoms with E-state index in [9.17, 15) is 0 Å². The molecule has 1 aliphatic carbocycles. The molecule has 3 heteroatoms. The Hall–Kier alpha value is -0.120. The second-order valence-electron chi connectivity index (χ2n) is 5.30. The Morgan fingerprint density at radius 2 is 2.13 bits per heavy atom. The van der Waals surface area contributed by atoms with E-state index in [1.807, 2.05) is 0 Å². The lowest BCUT2D eigenvalue weighted by Gasteiger charge is -2.38. The zero-order chi connectivity index (χ0) is 11.5. The second-order valence-corrected chi connectivity index (χ2v) is 5.30. The summed E-state index contributed by atoms with van der Waals surface area (Å²) in [6.45, 7) is 7.23. The maximum absolute atomic E-state index is 5.88. The first-order valence-corrected chi connectivity index (χ1v) is 5.93. The van der Waals surface area contributed by atoms with Crippen LogP contribution < -0.4 is 5.73 Å². The lowest BCUT2D eigenvalue weighted by Crippen LogP contribution is -2.51. The van der Waals surface area contributed by atoms with Crippen molar-refractivity contribution in [1.82, 2.24) is 4.90 Å². The zero-order valence-electron chi connectivity index (χ0n) is 10.6. The van der Waals surface area contributed by atoms with Crippen LogP contribution in [0.4, 0.5) is 0 Å². The molecule has 3 atom stereocenters. The van der Waals surface area contributed by atoms with Crippen LogP contribution in [0.2, 0.25) is 0 Å². The van der Waals surface area contributed by atoms with Crippen molar-refractivity contribution in [3.05, 3.63) is 0 Å². The van der Waals surface area contributed by atoms with Crippen LogP contribution in [-0.2, 0) is 4.74 Å². The predicted molar refractivity (Wildman–Crippen MR) is 63.9 cm³/mol. The molecule has 1 saturated carbocycles. The normalized spacial score (nSPS) is 29.2. The van der Waals surface area contributed by atoms with Gasteiger partial charge in [-0.05, 0) is 38.6 Å². The van der Waals surface area contributed by atoms with Gasteiger partial charge >= 0.3 is 0 Å². The monoisotopic (exact) mass is 214 g/mol. The van der Waals surface area contributed by atoms with Crippen LogP contribution in [0.3, 0.4) is 0 Å². The fraction of sp³-hybridized carbons (Fsp3) is 1.00. The summed E-state index contributed by atoms with van der Waals surface area (Å²) < 4.78 is 5.15. The van der Waals surface area contributed by atoms with Gasteiger partial charge < -0.3 is 10.5 Å². The largest absolute Gasteiger partial charge is 0.385 e. The van der Waals surface area contributed by atoms with Gasteiger partial charge in [-0.2, -0.15) is 0 Å². The van der Waals surface area contributed by atoms with Gasteiger partial charge in [0.25, 0.3) is 0 Å². The number of nitrogens with two attached hydrogens (primary N) is 1. The molecule has 0 heterocycles. The number of nitrogens with zero attached hydrogens (tertiary/aromatic N) is 1. The summed E-state index contributed by atoms with van der Waals surface area (Å²) in [6.07, 6.45) is 2.40. The zero-order valence-corrected chi connectivity index (χ0v) is 10.6. The molecule has 15 heavy (non-hydrogen) atoms. The number of likely N-dealkylation sites (N-methyl/N-ethyl adjacent to an activating group) is 1. The van der Waals surface area contributed by atoms with Crippen LogP contribution in [0, 0.1) is 11.8 Å². The van der Waals surface area contributed by atoms with E-state index in [0.29, 0.717) is 6.54 Å². The van der Waals surface area contributed by atoms with Crippen molar-refractivity contribution < 1.29 is 4.74 Å². The first-order valence-electron chi connectivity index (χ1n) is 5.93. The number of ether oxygens (including phenoxy) is 1. The molecule has 0 aromatic rings. The Morgan fingerprint density at radius 3 is 2.53 bits per heavy atom. The van der Waals surface area contributed by atoms with E-state index in [2.05, 4.69) is 25.8 Å². The fourth-order valence-electron chi connectivity index (χ4n) is 2.00. The van der Waals surface area contributed by atoms with Crippen molar-refractivity contribution in [3.8, 4) is 0 Å². The molecule has 0 spiro atoms. The molecular formula is C12H26N2O. The van der Waals surface area contributed by atoms with Crippen molar-refractivity contribution in [1.29, 1.82) is 0 Å². The average Bonchev–Trinajstić information content (AvgIpc) is 2.90. The first kappa shape index (κ1) is 12.9. The molecular weight excluding hydrogens is 188 g/mol. The molecule has 2 N–H and O–H groups in total. The van der Waals surface area contributed by atoms with Crippen molar-refractivity contribution in [2.75, 3.05) is 33.9 Å². The van der Waals surface area contributed by atoms with E-state index in [0.717, 1.165) is 24.9 Å². The number of methoxy groups -OCH3 is 1. The molecule has 0 aromatic carbocycles. The molecule has 1 fully saturated rings. The van der Waals surface area contributed by atoms with Crippen LogP contribution in [0.1, 0.15) is 26.7 Å². The van der Waals surface area contributed by atoms with Gasteiger partial charge in [0, 0.05) is 32.3 Å². The fourth-order valence-corrected chi connectivity index (χ4v) is 2.00. The summed E-state index contributed by atoms with van der Waals surface area (Å²) in [5.74, 6) is 1.81. The summed E-state index contributed by atoms with van der Waals surface area (Å²) in [7, 11) is 3.94. The van der Waals surface area contributed by atoms with Crippen molar-refractivity contribution in [2.45, 2.75) is 32.2 Å². The summed E-state index contributed by atoms with van der Waals surface area (Å²) in [4.78, 5) is 2.42. The van der Waals surface area contributed by atoms with E-state index in [4.69, 9.17) is 10.5 Å². The Kier molecular flexibility index (Phi) is 4.56. The van der Waals surface area contributed by atoms with E-state index in [1.165, 1.54) is 13.0 Å². The number of hydrogen-bond acceptors (Lipinski definition) is 3. The molecule has 0 radical (unpaired) electrons. The summed E-state index contributed by atoms with van der Waals surface area (Å²) in [5, 5.41) is 0. The highest BCUT2D eigenvalue weighted by Gasteiger charge is 2.37. The van der Waals surface area contributed by atoms with Gasteiger partial charge in [0.15, 0.2) is 0 Å². The van der Waals surface area contributed by atoms with Crippen molar-refractivity contribution in [2.24, 2.45) is 17.6 Å². The maximum atomic E-state index is 5.88. The van der Waals surface area contributed by atoms with Crippen molar-refractivity contribution in [3.63, 3.8) is 0 Å². The lowest BCUT2D eigenvalue weighted by molar-refractivity contribution is 0.0848. The minimum atomic E-state index is 0.0956. The van der Waals surface area contributed by atoms with Crippen LogP contribution in [0.5, 0.6) is 0 Å². The lowest BCUT2D eigenvalue weighted by atomic mass is 9.96. The minimum Gasteiger partial charge on any atom is -0.385 e. The Labute approximate surface area is 94.0 Å². The van der Waals surface area contributed by atoms with E-state index < -0.39 is 0 Å². The van der Waals surface area contributed by atoms with Gasteiger partial charge in [0.2, 0.25) is 0 Å². The van der Waals surface area contributed by atoms with Gasteiger partial charge in [0.1, 0.15) is 0 Å². The quantitative estimate of drug-likeness (QED) is 0.695. The number of rotatable bonds is 7. The van der Waals surface area contributed by atoms with E-state index >= 15 is 0 Å². The SMILES string of the molecule is COCCC(C)(CN)N(C)CC1CC1C. The second kappa shape index (κ2) is 5.28. The van der Waals surface area contributed by atoms with Gasteiger partial charge in [0.05, 0.1) is 0 Å². The summed E-state index contributed by atoms with van der Waals surface area (Å²) in [5.41, 5.74) is 5.98. The molecule has 0 aliphatic heterocycles. The molecule has 0 bridgehead atoms. The molecule has 0 amide bonds. The van der Waals surface area contributed by atoms with Crippen LogP contribution in [0.15, 0.2) is 0 Å². The van der Waals surface area contributed by atoms with Crippen LogP contribution >= 0.6 is 0 Å². The predicted octanol–water partition coefficient (Wildman–Crippen LogP) is 1.33. The molecule has 0 saturated heterocycles. The highest BCUT2D eigenvalue weighted by Crippen LogP contribution is 2.39. The van der Waals surface area contributed by atoms with Gasteiger partial charge in [-0.25, -0.2) is 0 Å². The molecule has 1 rings (SSSR count). The third kappa shape index (κ3) is 3.44. The topological polar surface area (TPSA) is 38.5 Å². The Morgan fingerprint density at radius 1 is 1.53 bits per heavy atom.